The standard InChI is InChI=1S/C27H38N6O2S/c1-5-24(34)29-20-10-8-19(9-11-20)26(35)33-16-6-7-21(18-33)30-27-28-17-25(36-27)32(4)23-14-12-22(13-15-23)31(2)3/h5,8-11,17,21-23H,1,6-7,12-16,18H2,2-4H3,(H,28,30)(H,29,34)/t21-,22?,23?/m1/s1. The Labute approximate surface area is 218 Å². The second-order valence-corrected chi connectivity index (χ2v) is 11.1. The number of rotatable bonds is 8. The first-order valence-corrected chi connectivity index (χ1v) is 13.6. The fourth-order valence-corrected chi connectivity index (χ4v) is 6.09. The minimum absolute atomic E-state index is 0.0102. The van der Waals surface area contributed by atoms with Crippen molar-refractivity contribution >= 4 is 39.0 Å². The first-order chi connectivity index (χ1) is 17.3. The summed E-state index contributed by atoms with van der Waals surface area (Å²) in [5.74, 6) is -0.261. The molecule has 9 heteroatoms. The van der Waals surface area contributed by atoms with Crippen LogP contribution in [0.1, 0.15) is 48.9 Å². The molecule has 1 atom stereocenters. The predicted octanol–water partition coefficient (Wildman–Crippen LogP) is 4.29. The van der Waals surface area contributed by atoms with Gasteiger partial charge in [-0.1, -0.05) is 17.9 Å². The molecule has 0 spiro atoms. The van der Waals surface area contributed by atoms with E-state index in [-0.39, 0.29) is 17.9 Å². The molecule has 1 saturated carbocycles. The zero-order valence-electron chi connectivity index (χ0n) is 21.6. The van der Waals surface area contributed by atoms with E-state index in [1.165, 1.54) is 36.8 Å². The maximum absolute atomic E-state index is 13.1. The highest BCUT2D eigenvalue weighted by Crippen LogP contribution is 2.33. The van der Waals surface area contributed by atoms with Crippen molar-refractivity contribution in [2.24, 2.45) is 0 Å². The van der Waals surface area contributed by atoms with Gasteiger partial charge in [0.2, 0.25) is 5.91 Å². The Kier molecular flexibility index (Phi) is 8.64. The molecule has 1 aromatic carbocycles. The Balaban J connectivity index is 1.30. The highest BCUT2D eigenvalue weighted by molar-refractivity contribution is 7.19. The Morgan fingerprint density at radius 1 is 1.08 bits per heavy atom. The van der Waals surface area contributed by atoms with Crippen LogP contribution in [0.15, 0.2) is 43.1 Å². The van der Waals surface area contributed by atoms with Crippen LogP contribution in [0.5, 0.6) is 0 Å². The number of benzene rings is 1. The van der Waals surface area contributed by atoms with Gasteiger partial charge in [0.25, 0.3) is 5.91 Å². The first kappa shape index (κ1) is 26.2. The van der Waals surface area contributed by atoms with Crippen LogP contribution in [0, 0.1) is 0 Å². The quantitative estimate of drug-likeness (QED) is 0.516. The summed E-state index contributed by atoms with van der Waals surface area (Å²) in [5, 5.41) is 8.39. The summed E-state index contributed by atoms with van der Waals surface area (Å²) in [6, 6.07) is 8.44. The van der Waals surface area contributed by atoms with E-state index in [1.807, 2.05) is 11.1 Å². The Morgan fingerprint density at radius 2 is 1.78 bits per heavy atom. The second kappa shape index (κ2) is 11.9. The van der Waals surface area contributed by atoms with Crippen LogP contribution in [0.25, 0.3) is 0 Å². The number of carbonyl (C=O) groups is 2. The Hall–Kier alpha value is -2.91. The molecule has 2 heterocycles. The van der Waals surface area contributed by atoms with Gasteiger partial charge in [-0.3, -0.25) is 9.59 Å². The molecule has 2 N–H and O–H groups in total. The van der Waals surface area contributed by atoms with E-state index in [1.54, 1.807) is 35.6 Å². The molecule has 2 fully saturated rings. The maximum Gasteiger partial charge on any atom is 0.253 e. The van der Waals surface area contributed by atoms with Crippen molar-refractivity contribution in [3.8, 4) is 0 Å². The van der Waals surface area contributed by atoms with Gasteiger partial charge in [-0.2, -0.15) is 0 Å². The van der Waals surface area contributed by atoms with E-state index < -0.39 is 0 Å². The molecule has 1 saturated heterocycles. The normalized spacial score (nSPS) is 22.2. The van der Waals surface area contributed by atoms with Crippen molar-refractivity contribution in [3.63, 3.8) is 0 Å². The fraction of sp³-hybridized carbons (Fsp3) is 0.519. The fourth-order valence-electron chi connectivity index (χ4n) is 5.16. The van der Waals surface area contributed by atoms with Crippen LogP contribution in [0.4, 0.5) is 15.8 Å². The monoisotopic (exact) mass is 510 g/mol. The van der Waals surface area contributed by atoms with Crippen molar-refractivity contribution in [2.45, 2.75) is 56.7 Å². The van der Waals surface area contributed by atoms with Crippen LogP contribution >= 0.6 is 11.3 Å². The molecule has 1 aromatic heterocycles. The lowest BCUT2D eigenvalue weighted by molar-refractivity contribution is -0.111. The van der Waals surface area contributed by atoms with Gasteiger partial charge in [0.1, 0.15) is 5.00 Å². The number of piperidine rings is 1. The van der Waals surface area contributed by atoms with Gasteiger partial charge < -0.3 is 25.3 Å². The largest absolute Gasteiger partial charge is 0.362 e. The number of likely N-dealkylation sites (tertiary alicyclic amines) is 1. The number of amides is 2. The van der Waals surface area contributed by atoms with Gasteiger partial charge in [-0.25, -0.2) is 4.98 Å². The topological polar surface area (TPSA) is 80.8 Å². The molecule has 2 aliphatic rings. The van der Waals surface area contributed by atoms with Gasteiger partial charge in [0, 0.05) is 49.5 Å². The van der Waals surface area contributed by atoms with Gasteiger partial charge in [-0.05, 0) is 83.0 Å². The number of nitrogens with one attached hydrogen (secondary N) is 2. The molecule has 2 amide bonds. The van der Waals surface area contributed by atoms with Crippen molar-refractivity contribution in [1.29, 1.82) is 0 Å². The zero-order valence-corrected chi connectivity index (χ0v) is 22.4. The summed E-state index contributed by atoms with van der Waals surface area (Å²) in [6.45, 7) is 4.84. The lowest BCUT2D eigenvalue weighted by atomic mass is 9.90. The second-order valence-electron chi connectivity index (χ2n) is 10.0. The lowest BCUT2D eigenvalue weighted by Gasteiger charge is -2.37. The SMILES string of the molecule is C=CC(=O)Nc1ccc(C(=O)N2CCC[C@@H](Nc3ncc(N(C)C4CCC(N(C)C)CC4)s3)C2)cc1. The summed E-state index contributed by atoms with van der Waals surface area (Å²) in [5.41, 5.74) is 1.26. The summed E-state index contributed by atoms with van der Waals surface area (Å²) in [6.07, 6.45) is 10.1. The smallest absolute Gasteiger partial charge is 0.253 e. The molecule has 8 nitrogen and oxygen atoms in total. The van der Waals surface area contributed by atoms with Crippen LogP contribution < -0.4 is 15.5 Å². The third kappa shape index (κ3) is 6.44. The van der Waals surface area contributed by atoms with Crippen molar-refractivity contribution in [3.05, 3.63) is 48.7 Å². The van der Waals surface area contributed by atoms with Gasteiger partial charge in [0.15, 0.2) is 5.13 Å². The first-order valence-electron chi connectivity index (χ1n) is 12.8. The Morgan fingerprint density at radius 3 is 2.44 bits per heavy atom. The van der Waals surface area contributed by atoms with Crippen LogP contribution in [0.2, 0.25) is 0 Å². The van der Waals surface area contributed by atoms with E-state index in [0.29, 0.717) is 29.9 Å². The molecule has 2 aromatic rings. The van der Waals surface area contributed by atoms with Gasteiger partial charge in [-0.15, -0.1) is 0 Å². The van der Waals surface area contributed by atoms with E-state index in [0.717, 1.165) is 24.5 Å². The molecule has 194 valence electrons. The maximum atomic E-state index is 13.1. The number of thiazole rings is 1. The van der Waals surface area contributed by atoms with Crippen molar-refractivity contribution in [2.75, 3.05) is 49.8 Å². The Bertz CT molecular complexity index is 1040. The summed E-state index contributed by atoms with van der Waals surface area (Å²) in [4.78, 5) is 35.9. The van der Waals surface area contributed by atoms with Crippen LogP contribution in [0.3, 0.4) is 0 Å². The molecule has 1 aliphatic heterocycles. The third-order valence-electron chi connectivity index (χ3n) is 7.41. The third-order valence-corrected chi connectivity index (χ3v) is 8.43. The molecule has 0 unspecified atom stereocenters. The summed E-state index contributed by atoms with van der Waals surface area (Å²) in [7, 11) is 6.54. The molecule has 4 rings (SSSR count). The van der Waals surface area contributed by atoms with Crippen LogP contribution in [-0.4, -0.2) is 79.0 Å². The van der Waals surface area contributed by atoms with E-state index in [2.05, 4.69) is 53.1 Å². The number of hydrogen-bond acceptors (Lipinski definition) is 7. The number of aromatic nitrogens is 1. The minimum Gasteiger partial charge on any atom is -0.362 e. The van der Waals surface area contributed by atoms with E-state index in [4.69, 9.17) is 0 Å². The molecule has 1 aliphatic carbocycles. The molecular formula is C27H38N6O2S. The number of hydrogen-bond donors (Lipinski definition) is 2. The predicted molar refractivity (Wildman–Crippen MR) is 148 cm³/mol. The van der Waals surface area contributed by atoms with Gasteiger partial charge in [0.05, 0.1) is 6.20 Å². The highest BCUT2D eigenvalue weighted by atomic mass is 32.1. The molecule has 0 radical (unpaired) electrons. The van der Waals surface area contributed by atoms with E-state index >= 15 is 0 Å². The molecule has 0 bridgehead atoms. The molecule has 36 heavy (non-hydrogen) atoms. The van der Waals surface area contributed by atoms with Crippen molar-refractivity contribution in [1.82, 2.24) is 14.8 Å². The highest BCUT2D eigenvalue weighted by Gasteiger charge is 2.27. The lowest BCUT2D eigenvalue weighted by Crippen LogP contribution is -2.45. The number of nitrogens with zero attached hydrogens (tertiary/aromatic N) is 4. The molecular weight excluding hydrogens is 472 g/mol. The van der Waals surface area contributed by atoms with Crippen LogP contribution in [-0.2, 0) is 4.79 Å². The average molecular weight is 511 g/mol. The minimum atomic E-state index is -0.271. The number of anilines is 3. The van der Waals surface area contributed by atoms with Crippen molar-refractivity contribution < 1.29 is 9.59 Å². The average Bonchev–Trinajstić information content (AvgIpc) is 3.36. The van der Waals surface area contributed by atoms with E-state index in [9.17, 15) is 9.59 Å². The summed E-state index contributed by atoms with van der Waals surface area (Å²) >= 11 is 1.70. The summed E-state index contributed by atoms with van der Waals surface area (Å²) < 4.78 is 0. The van der Waals surface area contributed by atoms with Gasteiger partial charge >= 0.3 is 0 Å². The zero-order chi connectivity index (χ0) is 25.7. The number of carbonyl (C=O) groups excluding carboxylic acids is 2.